The van der Waals surface area contributed by atoms with Gasteiger partial charge in [0.1, 0.15) is 18.2 Å². The zero-order valence-electron chi connectivity index (χ0n) is 18.5. The van der Waals surface area contributed by atoms with Gasteiger partial charge in [-0.25, -0.2) is 4.57 Å². The Kier molecular flexibility index (Phi) is 3.72. The largest absolute Gasteiger partial charge is 0.455 e. The molecule has 0 unspecified atom stereocenters. The van der Waals surface area contributed by atoms with Crippen molar-refractivity contribution in [2.24, 2.45) is 7.05 Å². The van der Waals surface area contributed by atoms with Crippen molar-refractivity contribution < 1.29 is 10.4 Å². The number of aromatic nitrogens is 1. The van der Waals surface area contributed by atoms with E-state index in [9.17, 15) is 0 Å². The van der Waals surface area contributed by atoms with Gasteiger partial charge >= 0.3 is 0 Å². The summed E-state index contributed by atoms with van der Waals surface area (Å²) in [6.07, 6.45) is 6.38. The predicted molar refractivity (Wildman–Crippen MR) is 124 cm³/mol. The van der Waals surface area contributed by atoms with Crippen LogP contribution in [0.15, 0.2) is 71.3 Å². The molecule has 148 valence electrons. The SMILES string of the molecule is [2H]C1(c2ccc(-c3c(C)ccc4c3oc3cc5ccccc5cc34)[n+](C)c2)CCCC1. The van der Waals surface area contributed by atoms with Gasteiger partial charge in [-0.1, -0.05) is 49.2 Å². The summed E-state index contributed by atoms with van der Waals surface area (Å²) in [4.78, 5) is 0. The molecule has 3 aromatic carbocycles. The number of furan rings is 1. The second-order valence-electron chi connectivity index (χ2n) is 8.66. The molecule has 6 rings (SSSR count). The van der Waals surface area contributed by atoms with Crippen molar-refractivity contribution in [1.82, 2.24) is 0 Å². The molecule has 0 N–H and O–H groups in total. The van der Waals surface area contributed by atoms with Gasteiger partial charge in [0.25, 0.3) is 0 Å². The highest BCUT2D eigenvalue weighted by atomic mass is 16.3. The minimum atomic E-state index is -0.434. The molecule has 2 aromatic heterocycles. The van der Waals surface area contributed by atoms with Crippen LogP contribution in [0, 0.1) is 6.92 Å². The summed E-state index contributed by atoms with van der Waals surface area (Å²) in [6, 6.07) is 21.5. The van der Waals surface area contributed by atoms with Crippen molar-refractivity contribution in [3.05, 3.63) is 78.0 Å². The number of pyridine rings is 1. The molecule has 1 aliphatic carbocycles. The third-order valence-electron chi connectivity index (χ3n) is 6.72. The first-order valence-corrected chi connectivity index (χ1v) is 10.9. The lowest BCUT2D eigenvalue weighted by molar-refractivity contribution is -0.660. The van der Waals surface area contributed by atoms with Gasteiger partial charge in [-0.2, -0.15) is 0 Å². The summed E-state index contributed by atoms with van der Waals surface area (Å²) in [5, 5.41) is 4.73. The summed E-state index contributed by atoms with van der Waals surface area (Å²) in [6.45, 7) is 2.15. The first-order valence-electron chi connectivity index (χ1n) is 11.4. The highest BCUT2D eigenvalue weighted by Gasteiger charge is 2.24. The Morgan fingerprint density at radius 1 is 0.933 bits per heavy atom. The molecule has 1 aliphatic rings. The van der Waals surface area contributed by atoms with Crippen molar-refractivity contribution in [2.75, 3.05) is 0 Å². The minimum Gasteiger partial charge on any atom is -0.455 e. The zero-order chi connectivity index (χ0) is 21.2. The van der Waals surface area contributed by atoms with Crippen LogP contribution in [0.1, 0.15) is 44.1 Å². The predicted octanol–water partition coefficient (Wildman–Crippen LogP) is 7.20. The average Bonchev–Trinajstić information content (AvgIpc) is 3.36. The molecule has 0 amide bonds. The van der Waals surface area contributed by atoms with Crippen molar-refractivity contribution in [1.29, 1.82) is 0 Å². The van der Waals surface area contributed by atoms with E-state index in [2.05, 4.69) is 85.4 Å². The quantitative estimate of drug-likeness (QED) is 0.290. The van der Waals surface area contributed by atoms with E-state index < -0.39 is 5.89 Å². The molecular formula is C28H26NO+. The molecule has 30 heavy (non-hydrogen) atoms. The van der Waals surface area contributed by atoms with Gasteiger partial charge in [-0.3, -0.25) is 0 Å². The Balaban J connectivity index is 1.58. The monoisotopic (exact) mass is 393 g/mol. The van der Waals surface area contributed by atoms with Crippen LogP contribution in [0.3, 0.4) is 0 Å². The molecule has 2 heterocycles. The number of hydrogen-bond donors (Lipinski definition) is 0. The molecule has 0 bridgehead atoms. The van der Waals surface area contributed by atoms with Crippen LogP contribution in [0.4, 0.5) is 0 Å². The Hall–Kier alpha value is -3.13. The van der Waals surface area contributed by atoms with Crippen LogP contribution in [-0.4, -0.2) is 0 Å². The smallest absolute Gasteiger partial charge is 0.216 e. The van der Waals surface area contributed by atoms with E-state index in [1.165, 1.54) is 16.3 Å². The number of nitrogens with zero attached hydrogens (tertiary/aromatic N) is 1. The molecule has 1 saturated carbocycles. The van der Waals surface area contributed by atoms with Crippen molar-refractivity contribution in [2.45, 2.75) is 38.5 Å². The summed E-state index contributed by atoms with van der Waals surface area (Å²) < 4.78 is 17.5. The van der Waals surface area contributed by atoms with E-state index in [-0.39, 0.29) is 0 Å². The lowest BCUT2D eigenvalue weighted by atomic mass is 9.96. The summed E-state index contributed by atoms with van der Waals surface area (Å²) in [5.74, 6) is -0.434. The van der Waals surface area contributed by atoms with Crippen LogP contribution in [0.5, 0.6) is 0 Å². The van der Waals surface area contributed by atoms with Gasteiger partial charge in [0, 0.05) is 23.8 Å². The van der Waals surface area contributed by atoms with Crippen LogP contribution in [0.2, 0.25) is 0 Å². The molecule has 1 fully saturated rings. The summed E-state index contributed by atoms with van der Waals surface area (Å²) in [7, 11) is 2.09. The van der Waals surface area contributed by atoms with Crippen LogP contribution in [-0.2, 0) is 7.05 Å². The van der Waals surface area contributed by atoms with E-state index in [0.717, 1.165) is 64.4 Å². The second-order valence-corrected chi connectivity index (χ2v) is 8.66. The summed E-state index contributed by atoms with van der Waals surface area (Å²) in [5.41, 5.74) is 6.44. The molecule has 0 aliphatic heterocycles. The summed E-state index contributed by atoms with van der Waals surface area (Å²) >= 11 is 0. The fourth-order valence-electron chi connectivity index (χ4n) is 5.11. The lowest BCUT2D eigenvalue weighted by Gasteiger charge is -2.10. The van der Waals surface area contributed by atoms with E-state index >= 15 is 0 Å². The Morgan fingerprint density at radius 3 is 2.47 bits per heavy atom. The average molecular weight is 394 g/mol. The van der Waals surface area contributed by atoms with Crippen molar-refractivity contribution >= 4 is 32.7 Å². The van der Waals surface area contributed by atoms with Gasteiger partial charge in [-0.05, 0) is 60.2 Å². The van der Waals surface area contributed by atoms with Gasteiger partial charge in [0.05, 0.1) is 5.56 Å². The second kappa shape index (κ2) is 6.70. The third kappa shape index (κ3) is 2.67. The lowest BCUT2D eigenvalue weighted by Crippen LogP contribution is -2.31. The first kappa shape index (κ1) is 16.6. The number of benzene rings is 3. The topological polar surface area (TPSA) is 17.0 Å². The third-order valence-corrected chi connectivity index (χ3v) is 6.72. The van der Waals surface area contributed by atoms with E-state index in [1.807, 2.05) is 0 Å². The number of fused-ring (bicyclic) bond motifs is 4. The van der Waals surface area contributed by atoms with Gasteiger partial charge in [0.2, 0.25) is 5.69 Å². The first-order chi connectivity index (χ1) is 15.0. The normalized spacial score (nSPS) is 16.5. The van der Waals surface area contributed by atoms with Gasteiger partial charge < -0.3 is 4.42 Å². The molecule has 0 saturated heterocycles. The molecule has 2 heteroatoms. The highest BCUT2D eigenvalue weighted by Crippen LogP contribution is 2.39. The zero-order valence-corrected chi connectivity index (χ0v) is 17.5. The maximum absolute atomic E-state index is 8.88. The maximum Gasteiger partial charge on any atom is 0.216 e. The standard InChI is InChI=1S/C28H26NO/c1-18-11-13-23-24-15-20-9-5-6-10-21(20)16-26(24)30-28(23)27(18)25-14-12-22(17-29(25)2)19-7-3-4-8-19/h5-6,9-17,19H,3-4,7-8H2,1-2H3/q+1/i19D. The Bertz CT molecular complexity index is 1470. The number of hydrogen-bond acceptors (Lipinski definition) is 1. The maximum atomic E-state index is 8.88. The molecule has 2 nitrogen and oxygen atoms in total. The number of aryl methyl sites for hydroxylation is 2. The van der Waals surface area contributed by atoms with Gasteiger partial charge in [-0.15, -0.1) is 0 Å². The fourth-order valence-corrected chi connectivity index (χ4v) is 5.11. The van der Waals surface area contributed by atoms with E-state index in [0.29, 0.717) is 0 Å². The van der Waals surface area contributed by atoms with E-state index in [4.69, 9.17) is 5.79 Å². The fraction of sp³-hybridized carbons (Fsp3) is 0.250. The minimum absolute atomic E-state index is 0.434. The Labute approximate surface area is 178 Å². The molecule has 5 aromatic rings. The number of rotatable bonds is 2. The van der Waals surface area contributed by atoms with Crippen LogP contribution < -0.4 is 4.57 Å². The van der Waals surface area contributed by atoms with Crippen LogP contribution in [0.25, 0.3) is 44.0 Å². The molecule has 0 spiro atoms. The van der Waals surface area contributed by atoms with Crippen molar-refractivity contribution in [3.63, 3.8) is 0 Å². The Morgan fingerprint density at radius 2 is 1.70 bits per heavy atom. The molecule has 0 radical (unpaired) electrons. The van der Waals surface area contributed by atoms with Crippen molar-refractivity contribution in [3.8, 4) is 11.3 Å². The van der Waals surface area contributed by atoms with E-state index in [1.54, 1.807) is 0 Å². The highest BCUT2D eigenvalue weighted by molar-refractivity contribution is 6.13. The molecule has 0 atom stereocenters. The molecular weight excluding hydrogens is 366 g/mol. The van der Waals surface area contributed by atoms with Crippen LogP contribution >= 0.6 is 0 Å². The van der Waals surface area contributed by atoms with Gasteiger partial charge in [0.15, 0.2) is 6.20 Å².